The number of benzene rings is 1. The molecule has 1 aromatic carbocycles. The van der Waals surface area contributed by atoms with Gasteiger partial charge in [0.2, 0.25) is 12.4 Å². The number of fused-ring (bicyclic) bond motifs is 3. The van der Waals surface area contributed by atoms with Gasteiger partial charge in [-0.15, -0.1) is 4.52 Å². The molecule has 0 fully saturated rings. The van der Waals surface area contributed by atoms with Gasteiger partial charge in [-0.2, -0.15) is 0 Å². The highest BCUT2D eigenvalue weighted by Gasteiger charge is 2.02. The van der Waals surface area contributed by atoms with Crippen LogP contribution in [0.15, 0.2) is 55.0 Å². The van der Waals surface area contributed by atoms with E-state index in [0.29, 0.717) is 0 Å². The predicted octanol–water partition coefficient (Wildman–Crippen LogP) is 1.68. The number of aromatic nitrogens is 2. The number of hydrogen-bond donors (Lipinski definition) is 0. The SMILES string of the molecule is c1ccc2c(c1)cc[n+]1cccn21. The standard InChI is InChI=1S/C11H9N2/c1-2-5-11-10(4-1)6-9-12-7-3-8-13(11)12/h1-9H/q+1. The molecule has 0 aliphatic carbocycles. The summed E-state index contributed by atoms with van der Waals surface area (Å²) < 4.78 is 4.18. The Hall–Kier alpha value is -1.83. The van der Waals surface area contributed by atoms with E-state index in [4.69, 9.17) is 0 Å². The van der Waals surface area contributed by atoms with Crippen molar-refractivity contribution in [3.63, 3.8) is 0 Å². The van der Waals surface area contributed by atoms with Gasteiger partial charge in [-0.3, -0.25) is 0 Å². The quantitative estimate of drug-likeness (QED) is 0.453. The third-order valence-electron chi connectivity index (χ3n) is 2.31. The average molecular weight is 169 g/mol. The van der Waals surface area contributed by atoms with Crippen molar-refractivity contribution in [2.75, 3.05) is 0 Å². The molecule has 0 saturated heterocycles. The van der Waals surface area contributed by atoms with Crippen LogP contribution in [0.1, 0.15) is 0 Å². The number of para-hydroxylation sites is 1. The van der Waals surface area contributed by atoms with Crippen molar-refractivity contribution in [1.82, 2.24) is 4.52 Å². The van der Waals surface area contributed by atoms with Gasteiger partial charge >= 0.3 is 0 Å². The van der Waals surface area contributed by atoms with E-state index < -0.39 is 0 Å². The first-order valence-corrected chi connectivity index (χ1v) is 4.31. The van der Waals surface area contributed by atoms with Crippen molar-refractivity contribution < 1.29 is 4.52 Å². The molecule has 2 aromatic heterocycles. The Labute approximate surface area is 75.6 Å². The molecule has 0 aliphatic rings. The second kappa shape index (κ2) is 2.33. The summed E-state index contributed by atoms with van der Waals surface area (Å²) in [5.41, 5.74) is 1.23. The maximum atomic E-state index is 2.12. The number of hydrogen-bond acceptors (Lipinski definition) is 0. The minimum absolute atomic E-state index is 1.23. The summed E-state index contributed by atoms with van der Waals surface area (Å²) in [7, 11) is 0. The molecule has 0 atom stereocenters. The Bertz CT molecular complexity index is 566. The fourth-order valence-electron chi connectivity index (χ4n) is 1.68. The zero-order valence-corrected chi connectivity index (χ0v) is 7.09. The maximum Gasteiger partial charge on any atom is 0.202 e. The highest BCUT2D eigenvalue weighted by molar-refractivity contribution is 5.77. The monoisotopic (exact) mass is 169 g/mol. The lowest BCUT2D eigenvalue weighted by Gasteiger charge is -1.95. The molecule has 0 aliphatic heterocycles. The fourth-order valence-corrected chi connectivity index (χ4v) is 1.68. The minimum atomic E-state index is 1.23. The lowest BCUT2D eigenvalue weighted by Crippen LogP contribution is -2.26. The van der Waals surface area contributed by atoms with E-state index in [1.807, 2.05) is 12.3 Å². The molecule has 0 saturated carbocycles. The predicted molar refractivity (Wildman–Crippen MR) is 50.6 cm³/mol. The summed E-state index contributed by atoms with van der Waals surface area (Å²) >= 11 is 0. The van der Waals surface area contributed by atoms with Gasteiger partial charge in [-0.05, 0) is 6.07 Å². The summed E-state index contributed by atoms with van der Waals surface area (Å²) in [5.74, 6) is 0. The molecule has 0 bridgehead atoms. The molecule has 3 rings (SSSR count). The summed E-state index contributed by atoms with van der Waals surface area (Å²) in [6, 6.07) is 12.5. The molecule has 2 heterocycles. The van der Waals surface area contributed by atoms with Crippen LogP contribution in [0, 0.1) is 0 Å². The minimum Gasteiger partial charge on any atom is -0.123 e. The second-order valence-corrected chi connectivity index (χ2v) is 3.09. The Morgan fingerprint density at radius 3 is 2.85 bits per heavy atom. The Morgan fingerprint density at radius 2 is 1.85 bits per heavy atom. The molecule has 2 heteroatoms. The van der Waals surface area contributed by atoms with Gasteiger partial charge in [0.1, 0.15) is 5.52 Å². The first kappa shape index (κ1) is 6.66. The molecule has 0 N–H and O–H groups in total. The van der Waals surface area contributed by atoms with E-state index >= 15 is 0 Å². The zero-order chi connectivity index (χ0) is 8.67. The zero-order valence-electron chi connectivity index (χ0n) is 7.09. The first-order valence-electron chi connectivity index (χ1n) is 4.31. The molecular formula is C11H9N2+. The van der Waals surface area contributed by atoms with Crippen LogP contribution in [0.4, 0.5) is 0 Å². The van der Waals surface area contributed by atoms with Crippen LogP contribution >= 0.6 is 0 Å². The molecule has 62 valence electrons. The van der Waals surface area contributed by atoms with Gasteiger partial charge in [0.25, 0.3) is 0 Å². The molecule has 0 amide bonds. The largest absolute Gasteiger partial charge is 0.202 e. The Morgan fingerprint density at radius 1 is 0.923 bits per heavy atom. The van der Waals surface area contributed by atoms with Crippen LogP contribution in [0.3, 0.4) is 0 Å². The summed E-state index contributed by atoms with van der Waals surface area (Å²) in [6.07, 6.45) is 6.15. The lowest BCUT2D eigenvalue weighted by atomic mass is 10.2. The lowest BCUT2D eigenvalue weighted by molar-refractivity contribution is -0.614. The van der Waals surface area contributed by atoms with Gasteiger partial charge < -0.3 is 0 Å². The third-order valence-corrected chi connectivity index (χ3v) is 2.31. The number of nitrogens with zero attached hydrogens (tertiary/aromatic N) is 2. The van der Waals surface area contributed by atoms with Gasteiger partial charge in [0.15, 0.2) is 0 Å². The van der Waals surface area contributed by atoms with Gasteiger partial charge in [0.05, 0.1) is 6.20 Å². The highest BCUT2D eigenvalue weighted by Crippen LogP contribution is 2.09. The third kappa shape index (κ3) is 0.855. The van der Waals surface area contributed by atoms with Gasteiger partial charge in [-0.1, -0.05) is 22.7 Å². The molecule has 13 heavy (non-hydrogen) atoms. The van der Waals surface area contributed by atoms with Gasteiger partial charge in [-0.25, -0.2) is 0 Å². The first-order chi connectivity index (χ1) is 6.45. The Balaban J connectivity index is 2.65. The van der Waals surface area contributed by atoms with Crippen LogP contribution in [0.5, 0.6) is 0 Å². The smallest absolute Gasteiger partial charge is 0.123 e. The van der Waals surface area contributed by atoms with Crippen molar-refractivity contribution in [2.24, 2.45) is 0 Å². The number of rotatable bonds is 0. The second-order valence-electron chi connectivity index (χ2n) is 3.09. The van der Waals surface area contributed by atoms with Crippen LogP contribution in [-0.4, -0.2) is 4.52 Å². The van der Waals surface area contributed by atoms with E-state index in [2.05, 4.69) is 51.8 Å². The molecule has 3 aromatic rings. The normalized spacial score (nSPS) is 11.1. The van der Waals surface area contributed by atoms with Crippen molar-refractivity contribution in [1.29, 1.82) is 0 Å². The molecular weight excluding hydrogens is 160 g/mol. The topological polar surface area (TPSA) is 8.51 Å². The van der Waals surface area contributed by atoms with Crippen molar-refractivity contribution in [3.8, 4) is 0 Å². The maximum absolute atomic E-state index is 2.12. The Kier molecular flexibility index (Phi) is 1.19. The summed E-state index contributed by atoms with van der Waals surface area (Å²) in [6.45, 7) is 0. The highest BCUT2D eigenvalue weighted by atomic mass is 15.3. The van der Waals surface area contributed by atoms with E-state index in [9.17, 15) is 0 Å². The van der Waals surface area contributed by atoms with Gasteiger partial charge in [0, 0.05) is 17.5 Å². The molecule has 0 radical (unpaired) electrons. The molecule has 0 spiro atoms. The van der Waals surface area contributed by atoms with Crippen LogP contribution in [-0.2, 0) is 0 Å². The van der Waals surface area contributed by atoms with Crippen LogP contribution in [0.25, 0.3) is 10.9 Å². The average Bonchev–Trinajstić information content (AvgIpc) is 2.65. The molecule has 2 nitrogen and oxygen atoms in total. The van der Waals surface area contributed by atoms with Crippen molar-refractivity contribution in [2.45, 2.75) is 0 Å². The van der Waals surface area contributed by atoms with Crippen molar-refractivity contribution >= 4 is 10.9 Å². The van der Waals surface area contributed by atoms with E-state index in [1.54, 1.807) is 0 Å². The summed E-state index contributed by atoms with van der Waals surface area (Å²) in [5, 5.41) is 1.26. The summed E-state index contributed by atoms with van der Waals surface area (Å²) in [4.78, 5) is 0. The van der Waals surface area contributed by atoms with E-state index in [-0.39, 0.29) is 0 Å². The van der Waals surface area contributed by atoms with E-state index in [1.165, 1.54) is 10.9 Å². The fraction of sp³-hybridized carbons (Fsp3) is 0. The van der Waals surface area contributed by atoms with Crippen LogP contribution < -0.4 is 4.52 Å². The van der Waals surface area contributed by atoms with Crippen molar-refractivity contribution in [3.05, 3.63) is 55.0 Å². The van der Waals surface area contributed by atoms with Crippen LogP contribution in [0.2, 0.25) is 0 Å². The molecule has 0 unspecified atom stereocenters. The van der Waals surface area contributed by atoms with E-state index in [0.717, 1.165) is 0 Å².